The molecule has 120 valence electrons. The number of methoxy groups -OCH3 is 2. The minimum Gasteiger partial charge on any atom is -0.466 e. The Morgan fingerprint density at radius 3 is 2.23 bits per heavy atom. The van der Waals surface area contributed by atoms with Gasteiger partial charge in [0, 0.05) is 9.95 Å². The standard InChI is InChI=1S/C13H13ClFNO6/c1-21-11(17)13(15,12(18)22-2)9(7-16(19)20)8-5-3-4-6-10(8)14/h3-6,9H,7H2,1-2H3/t9-/m1/s1. The fourth-order valence-corrected chi connectivity index (χ4v) is 2.28. The summed E-state index contributed by atoms with van der Waals surface area (Å²) < 4.78 is 23.7. The number of rotatable bonds is 6. The Morgan fingerprint density at radius 2 is 1.82 bits per heavy atom. The summed E-state index contributed by atoms with van der Waals surface area (Å²) in [6, 6.07) is 5.61. The van der Waals surface area contributed by atoms with Gasteiger partial charge in [-0.05, 0) is 11.6 Å². The minimum atomic E-state index is -3.39. The lowest BCUT2D eigenvalue weighted by Gasteiger charge is -2.27. The highest BCUT2D eigenvalue weighted by Crippen LogP contribution is 2.38. The lowest BCUT2D eigenvalue weighted by Crippen LogP contribution is -2.51. The largest absolute Gasteiger partial charge is 0.466 e. The van der Waals surface area contributed by atoms with Gasteiger partial charge >= 0.3 is 17.6 Å². The lowest BCUT2D eigenvalue weighted by atomic mass is 9.83. The van der Waals surface area contributed by atoms with E-state index in [9.17, 15) is 19.7 Å². The van der Waals surface area contributed by atoms with E-state index in [-0.39, 0.29) is 10.6 Å². The van der Waals surface area contributed by atoms with Gasteiger partial charge in [-0.25, -0.2) is 14.0 Å². The number of halogens is 2. The Balaban J connectivity index is 3.52. The first-order valence-electron chi connectivity index (χ1n) is 6.01. The summed E-state index contributed by atoms with van der Waals surface area (Å²) in [5, 5.41) is 10.8. The molecule has 22 heavy (non-hydrogen) atoms. The predicted molar refractivity (Wildman–Crippen MR) is 73.9 cm³/mol. The first-order valence-corrected chi connectivity index (χ1v) is 6.38. The Hall–Kier alpha value is -2.22. The number of carbonyl (C=O) groups excluding carboxylic acids is 2. The molecule has 9 heteroatoms. The van der Waals surface area contributed by atoms with Crippen LogP contribution >= 0.6 is 11.6 Å². The maximum atomic E-state index is 15.2. The van der Waals surface area contributed by atoms with Crippen molar-refractivity contribution in [3.8, 4) is 0 Å². The molecule has 1 aromatic carbocycles. The molecule has 0 saturated carbocycles. The number of alkyl halides is 1. The van der Waals surface area contributed by atoms with Gasteiger partial charge in [0.15, 0.2) is 0 Å². The van der Waals surface area contributed by atoms with Crippen molar-refractivity contribution < 1.29 is 28.4 Å². The molecule has 0 bridgehead atoms. The van der Waals surface area contributed by atoms with Gasteiger partial charge in [-0.1, -0.05) is 29.8 Å². The molecule has 0 aliphatic heterocycles. The monoisotopic (exact) mass is 333 g/mol. The average Bonchev–Trinajstić information content (AvgIpc) is 2.50. The van der Waals surface area contributed by atoms with E-state index in [1.165, 1.54) is 24.3 Å². The van der Waals surface area contributed by atoms with Crippen LogP contribution in [-0.2, 0) is 19.1 Å². The molecular weight excluding hydrogens is 321 g/mol. The molecule has 0 aliphatic rings. The zero-order valence-electron chi connectivity index (χ0n) is 11.7. The maximum Gasteiger partial charge on any atom is 0.356 e. The maximum absolute atomic E-state index is 15.2. The van der Waals surface area contributed by atoms with Crippen LogP contribution in [-0.4, -0.2) is 43.3 Å². The van der Waals surface area contributed by atoms with Crippen molar-refractivity contribution in [2.45, 2.75) is 11.6 Å². The van der Waals surface area contributed by atoms with Gasteiger partial charge < -0.3 is 9.47 Å². The fraction of sp³-hybridized carbons (Fsp3) is 0.385. The zero-order chi connectivity index (χ0) is 16.9. The number of carbonyl (C=O) groups is 2. The van der Waals surface area contributed by atoms with Crippen LogP contribution in [0.4, 0.5) is 4.39 Å². The number of benzene rings is 1. The molecule has 0 aromatic heterocycles. The van der Waals surface area contributed by atoms with E-state index in [1.807, 2.05) is 0 Å². The van der Waals surface area contributed by atoms with Crippen LogP contribution in [0.2, 0.25) is 5.02 Å². The van der Waals surface area contributed by atoms with E-state index in [1.54, 1.807) is 0 Å². The second kappa shape index (κ2) is 7.17. The van der Waals surface area contributed by atoms with Crippen molar-refractivity contribution >= 4 is 23.5 Å². The normalized spacial score (nSPS) is 12.4. The van der Waals surface area contributed by atoms with Crippen LogP contribution in [0.25, 0.3) is 0 Å². The minimum absolute atomic E-state index is 0.0239. The predicted octanol–water partition coefficient (Wildman–Crippen LogP) is 1.75. The van der Waals surface area contributed by atoms with Gasteiger partial charge in [-0.2, -0.15) is 0 Å². The third-order valence-corrected chi connectivity index (χ3v) is 3.40. The summed E-state index contributed by atoms with van der Waals surface area (Å²) >= 11 is 5.91. The van der Waals surface area contributed by atoms with Crippen LogP contribution in [0.3, 0.4) is 0 Å². The average molecular weight is 334 g/mol. The second-order valence-corrected chi connectivity index (χ2v) is 4.69. The highest BCUT2D eigenvalue weighted by atomic mass is 35.5. The first kappa shape index (κ1) is 17.8. The summed E-state index contributed by atoms with van der Waals surface area (Å²) in [4.78, 5) is 33.6. The van der Waals surface area contributed by atoms with E-state index < -0.39 is 35.0 Å². The van der Waals surface area contributed by atoms with Crippen molar-refractivity contribution in [1.29, 1.82) is 0 Å². The molecule has 0 saturated heterocycles. The molecule has 0 unspecified atom stereocenters. The van der Waals surface area contributed by atoms with E-state index in [2.05, 4.69) is 9.47 Å². The number of nitrogens with zero attached hydrogens (tertiary/aromatic N) is 1. The number of hydrogen-bond donors (Lipinski definition) is 0. The molecule has 0 amide bonds. The quantitative estimate of drug-likeness (QED) is 0.340. The Bertz CT molecular complexity index is 578. The number of esters is 2. The second-order valence-electron chi connectivity index (χ2n) is 4.28. The Labute approximate surface area is 130 Å². The van der Waals surface area contributed by atoms with Crippen molar-refractivity contribution in [3.05, 3.63) is 45.0 Å². The summed E-state index contributed by atoms with van der Waals surface area (Å²) in [6.45, 7) is -1.05. The fourth-order valence-electron chi connectivity index (χ4n) is 2.01. The van der Waals surface area contributed by atoms with Crippen LogP contribution in [0.1, 0.15) is 11.5 Å². The van der Waals surface area contributed by atoms with Crippen molar-refractivity contribution in [2.24, 2.45) is 0 Å². The van der Waals surface area contributed by atoms with Crippen LogP contribution in [0.15, 0.2) is 24.3 Å². The smallest absolute Gasteiger partial charge is 0.356 e. The highest BCUT2D eigenvalue weighted by Gasteiger charge is 2.59. The van der Waals surface area contributed by atoms with E-state index in [4.69, 9.17) is 11.6 Å². The van der Waals surface area contributed by atoms with Crippen molar-refractivity contribution in [2.75, 3.05) is 20.8 Å². The molecule has 0 radical (unpaired) electrons. The van der Waals surface area contributed by atoms with Crippen LogP contribution < -0.4 is 0 Å². The van der Waals surface area contributed by atoms with Gasteiger partial charge in [-0.3, -0.25) is 10.1 Å². The van der Waals surface area contributed by atoms with Gasteiger partial charge in [0.2, 0.25) is 6.54 Å². The Morgan fingerprint density at radius 1 is 1.32 bits per heavy atom. The highest BCUT2D eigenvalue weighted by molar-refractivity contribution is 6.31. The summed E-state index contributed by atoms with van der Waals surface area (Å²) in [6.07, 6.45) is 0. The van der Waals surface area contributed by atoms with Crippen molar-refractivity contribution in [1.82, 2.24) is 0 Å². The number of nitro groups is 1. The molecule has 1 atom stereocenters. The molecule has 0 N–H and O–H groups in total. The molecule has 7 nitrogen and oxygen atoms in total. The Kier molecular flexibility index (Phi) is 5.81. The summed E-state index contributed by atoms with van der Waals surface area (Å²) in [5.74, 6) is -4.98. The summed E-state index contributed by atoms with van der Waals surface area (Å²) in [7, 11) is 1.71. The van der Waals surface area contributed by atoms with Gasteiger partial charge in [0.1, 0.15) is 5.92 Å². The third kappa shape index (κ3) is 3.33. The number of ether oxygens (including phenoxy) is 2. The first-order chi connectivity index (χ1) is 10.3. The topological polar surface area (TPSA) is 95.7 Å². The lowest BCUT2D eigenvalue weighted by molar-refractivity contribution is -0.485. The van der Waals surface area contributed by atoms with E-state index in [0.717, 1.165) is 14.2 Å². The van der Waals surface area contributed by atoms with Crippen LogP contribution in [0.5, 0.6) is 0 Å². The third-order valence-electron chi connectivity index (χ3n) is 3.06. The van der Waals surface area contributed by atoms with Gasteiger partial charge in [0.25, 0.3) is 0 Å². The molecule has 1 rings (SSSR count). The van der Waals surface area contributed by atoms with E-state index >= 15 is 4.39 Å². The molecule has 0 aliphatic carbocycles. The molecule has 0 fully saturated rings. The van der Waals surface area contributed by atoms with E-state index in [0.29, 0.717) is 0 Å². The molecular formula is C13H13ClFNO6. The van der Waals surface area contributed by atoms with Gasteiger partial charge in [-0.15, -0.1) is 0 Å². The molecule has 0 spiro atoms. The SMILES string of the molecule is COC(=O)C(F)(C(=O)OC)[C@H](C[N+](=O)[O-])c1ccccc1Cl. The number of hydrogen-bond acceptors (Lipinski definition) is 6. The molecule has 1 aromatic rings. The molecule has 0 heterocycles. The van der Waals surface area contributed by atoms with Gasteiger partial charge in [0.05, 0.1) is 14.2 Å². The summed E-state index contributed by atoms with van der Waals surface area (Å²) in [5.41, 5.74) is -3.46. The van der Waals surface area contributed by atoms with Crippen molar-refractivity contribution in [3.63, 3.8) is 0 Å². The zero-order valence-corrected chi connectivity index (χ0v) is 12.5. The van der Waals surface area contributed by atoms with Crippen LogP contribution in [0, 0.1) is 10.1 Å².